The maximum atomic E-state index is 13.8. The average Bonchev–Trinajstić information content (AvgIpc) is 3.08. The van der Waals surface area contributed by atoms with Gasteiger partial charge in [-0.3, -0.25) is 4.79 Å². The first kappa shape index (κ1) is 16.5. The van der Waals surface area contributed by atoms with Crippen molar-refractivity contribution < 1.29 is 18.7 Å². The van der Waals surface area contributed by atoms with Crippen molar-refractivity contribution >= 4 is 16.8 Å². The fourth-order valence-corrected chi connectivity index (χ4v) is 4.19. The molecule has 0 aliphatic carbocycles. The van der Waals surface area contributed by atoms with Crippen LogP contribution in [0.25, 0.3) is 10.9 Å². The highest BCUT2D eigenvalue weighted by atomic mass is 19.1. The molecule has 2 saturated heterocycles. The number of H-pyrrole nitrogens is 1. The highest BCUT2D eigenvalue weighted by Gasteiger charge is 2.45. The predicted octanol–water partition coefficient (Wildman–Crippen LogP) is 3.11. The number of amides is 1. The fourth-order valence-electron chi connectivity index (χ4n) is 4.19. The smallest absolute Gasteiger partial charge is 0.270 e. The van der Waals surface area contributed by atoms with Gasteiger partial charge in [0.2, 0.25) is 0 Å². The number of rotatable bonds is 2. The molecule has 1 aromatic carbocycles. The Kier molecular flexibility index (Phi) is 4.25. The Morgan fingerprint density at radius 3 is 2.92 bits per heavy atom. The lowest BCUT2D eigenvalue weighted by atomic mass is 9.82. The Balaban J connectivity index is 1.50. The first-order chi connectivity index (χ1) is 12.1. The monoisotopic (exact) mass is 346 g/mol. The highest BCUT2D eigenvalue weighted by molar-refractivity contribution is 5.98. The molecular weight excluding hydrogens is 323 g/mol. The molecule has 2 fully saturated rings. The molecule has 0 saturated carbocycles. The van der Waals surface area contributed by atoms with E-state index in [4.69, 9.17) is 9.47 Å². The van der Waals surface area contributed by atoms with E-state index in [-0.39, 0.29) is 23.4 Å². The number of piperidine rings is 1. The zero-order valence-corrected chi connectivity index (χ0v) is 14.4. The van der Waals surface area contributed by atoms with Crippen LogP contribution in [0.2, 0.25) is 0 Å². The largest absolute Gasteiger partial charge is 0.378 e. The van der Waals surface area contributed by atoms with Crippen molar-refractivity contribution in [1.29, 1.82) is 0 Å². The Morgan fingerprint density at radius 1 is 1.40 bits per heavy atom. The Morgan fingerprint density at radius 2 is 2.20 bits per heavy atom. The average molecular weight is 346 g/mol. The minimum atomic E-state index is -0.340. The SMILES string of the molecule is COC1CCCOC12CCN(C(=O)c1cc3cccc(F)c3[nH]1)CC2. The molecule has 5 nitrogen and oxygen atoms in total. The first-order valence-corrected chi connectivity index (χ1v) is 8.86. The van der Waals surface area contributed by atoms with Crippen LogP contribution in [0.15, 0.2) is 24.3 Å². The van der Waals surface area contributed by atoms with Gasteiger partial charge in [0, 0.05) is 32.2 Å². The second-order valence-electron chi connectivity index (χ2n) is 6.96. The molecule has 2 aromatic rings. The number of carbonyl (C=O) groups excluding carboxylic acids is 1. The number of ether oxygens (including phenoxy) is 2. The number of nitrogens with one attached hydrogen (secondary N) is 1. The maximum Gasteiger partial charge on any atom is 0.270 e. The Labute approximate surface area is 146 Å². The third-order valence-corrected chi connectivity index (χ3v) is 5.60. The molecular formula is C19H23FN2O3. The number of methoxy groups -OCH3 is 1. The Bertz CT molecular complexity index is 780. The number of aromatic nitrogens is 1. The van der Waals surface area contributed by atoms with E-state index in [0.717, 1.165) is 32.3 Å². The molecule has 1 aromatic heterocycles. The van der Waals surface area contributed by atoms with Gasteiger partial charge in [-0.15, -0.1) is 0 Å². The second kappa shape index (κ2) is 6.42. The van der Waals surface area contributed by atoms with E-state index in [1.54, 1.807) is 25.3 Å². The van der Waals surface area contributed by atoms with Gasteiger partial charge < -0.3 is 19.4 Å². The van der Waals surface area contributed by atoms with Gasteiger partial charge in [-0.25, -0.2) is 4.39 Å². The van der Waals surface area contributed by atoms with E-state index < -0.39 is 0 Å². The summed E-state index contributed by atoms with van der Waals surface area (Å²) >= 11 is 0. The summed E-state index contributed by atoms with van der Waals surface area (Å²) in [6.07, 6.45) is 3.66. The lowest BCUT2D eigenvalue weighted by Gasteiger charge is -2.47. The minimum Gasteiger partial charge on any atom is -0.378 e. The molecule has 25 heavy (non-hydrogen) atoms. The molecule has 2 aliphatic rings. The van der Waals surface area contributed by atoms with Crippen molar-refractivity contribution in [2.24, 2.45) is 0 Å². The van der Waals surface area contributed by atoms with E-state index in [2.05, 4.69) is 4.98 Å². The molecule has 3 heterocycles. The molecule has 4 rings (SSSR count). The molecule has 1 atom stereocenters. The van der Waals surface area contributed by atoms with Crippen molar-refractivity contribution in [3.8, 4) is 0 Å². The van der Waals surface area contributed by atoms with Gasteiger partial charge in [0.05, 0.1) is 17.2 Å². The summed E-state index contributed by atoms with van der Waals surface area (Å²) in [4.78, 5) is 17.6. The topological polar surface area (TPSA) is 54.6 Å². The molecule has 1 N–H and O–H groups in total. The second-order valence-corrected chi connectivity index (χ2v) is 6.96. The number of carbonyl (C=O) groups is 1. The van der Waals surface area contributed by atoms with Gasteiger partial charge in [0.25, 0.3) is 5.91 Å². The normalized spacial score (nSPS) is 23.3. The predicted molar refractivity (Wildman–Crippen MR) is 92.1 cm³/mol. The van der Waals surface area contributed by atoms with Crippen LogP contribution in [0.1, 0.15) is 36.2 Å². The van der Waals surface area contributed by atoms with Gasteiger partial charge in [-0.2, -0.15) is 0 Å². The van der Waals surface area contributed by atoms with Gasteiger partial charge in [0.15, 0.2) is 0 Å². The van der Waals surface area contributed by atoms with Gasteiger partial charge in [-0.05, 0) is 37.8 Å². The molecule has 1 amide bonds. The molecule has 6 heteroatoms. The number of hydrogen-bond acceptors (Lipinski definition) is 3. The number of para-hydroxylation sites is 1. The van der Waals surface area contributed by atoms with Crippen molar-refractivity contribution in [3.63, 3.8) is 0 Å². The number of fused-ring (bicyclic) bond motifs is 1. The van der Waals surface area contributed by atoms with Crippen molar-refractivity contribution in [2.45, 2.75) is 37.4 Å². The molecule has 0 bridgehead atoms. The van der Waals surface area contributed by atoms with E-state index in [9.17, 15) is 9.18 Å². The van der Waals surface area contributed by atoms with E-state index in [1.165, 1.54) is 6.07 Å². The van der Waals surface area contributed by atoms with Gasteiger partial charge in [-0.1, -0.05) is 12.1 Å². The number of nitrogens with zero attached hydrogens (tertiary/aromatic N) is 1. The molecule has 134 valence electrons. The zero-order valence-electron chi connectivity index (χ0n) is 14.4. The fraction of sp³-hybridized carbons (Fsp3) is 0.526. The molecule has 0 radical (unpaired) electrons. The number of benzene rings is 1. The van der Waals surface area contributed by atoms with Gasteiger partial charge >= 0.3 is 0 Å². The Hall–Kier alpha value is -1.92. The number of hydrogen-bond donors (Lipinski definition) is 1. The van der Waals surface area contributed by atoms with Gasteiger partial charge in [0.1, 0.15) is 11.5 Å². The summed E-state index contributed by atoms with van der Waals surface area (Å²) in [6, 6.07) is 6.56. The van der Waals surface area contributed by atoms with E-state index in [1.807, 2.05) is 4.90 Å². The summed E-state index contributed by atoms with van der Waals surface area (Å²) in [5.74, 6) is -0.428. The standard InChI is InChI=1S/C19H23FN2O3/c1-24-16-6-3-11-25-19(16)7-9-22(10-8-19)18(23)15-12-13-4-2-5-14(20)17(13)21-15/h2,4-5,12,16,21H,3,6-11H2,1H3. The van der Waals surface area contributed by atoms with Crippen LogP contribution in [0.5, 0.6) is 0 Å². The van der Waals surface area contributed by atoms with Crippen LogP contribution < -0.4 is 0 Å². The molecule has 1 unspecified atom stereocenters. The van der Waals surface area contributed by atoms with E-state index in [0.29, 0.717) is 29.7 Å². The van der Waals surface area contributed by atoms with Crippen LogP contribution in [0.4, 0.5) is 4.39 Å². The van der Waals surface area contributed by atoms with Crippen molar-refractivity contribution in [2.75, 3.05) is 26.8 Å². The quantitative estimate of drug-likeness (QED) is 0.909. The van der Waals surface area contributed by atoms with Crippen molar-refractivity contribution in [3.05, 3.63) is 35.8 Å². The van der Waals surface area contributed by atoms with Crippen molar-refractivity contribution in [1.82, 2.24) is 9.88 Å². The minimum absolute atomic E-state index is 0.0878. The third kappa shape index (κ3) is 2.83. The van der Waals surface area contributed by atoms with Crippen LogP contribution in [-0.2, 0) is 9.47 Å². The summed E-state index contributed by atoms with van der Waals surface area (Å²) < 4.78 is 25.6. The van der Waals surface area contributed by atoms with Crippen LogP contribution in [0.3, 0.4) is 0 Å². The van der Waals surface area contributed by atoms with Crippen LogP contribution in [0, 0.1) is 5.82 Å². The third-order valence-electron chi connectivity index (χ3n) is 5.60. The maximum absolute atomic E-state index is 13.8. The lowest BCUT2D eigenvalue weighted by Crippen LogP contribution is -2.56. The highest BCUT2D eigenvalue weighted by Crippen LogP contribution is 2.37. The zero-order chi connectivity index (χ0) is 17.4. The van der Waals surface area contributed by atoms with Crippen LogP contribution in [-0.4, -0.2) is 54.3 Å². The summed E-state index contributed by atoms with van der Waals surface area (Å²) in [5, 5.41) is 0.715. The summed E-state index contributed by atoms with van der Waals surface area (Å²) in [7, 11) is 1.73. The van der Waals surface area contributed by atoms with E-state index >= 15 is 0 Å². The number of likely N-dealkylation sites (tertiary alicyclic amines) is 1. The van der Waals surface area contributed by atoms with Crippen LogP contribution >= 0.6 is 0 Å². The number of aromatic amines is 1. The summed E-state index contributed by atoms with van der Waals surface area (Å²) in [5.41, 5.74) is 0.550. The lowest BCUT2D eigenvalue weighted by molar-refractivity contribution is -0.183. The molecule has 2 aliphatic heterocycles. The summed E-state index contributed by atoms with van der Waals surface area (Å²) in [6.45, 7) is 2.00. The first-order valence-electron chi connectivity index (χ1n) is 8.86. The molecule has 1 spiro atoms. The number of halogens is 1.